The quantitative estimate of drug-likeness (QED) is 0.465. The maximum absolute atomic E-state index is 12.7. The van der Waals surface area contributed by atoms with E-state index in [9.17, 15) is 14.4 Å². The number of carbonyl (C=O) groups is 3. The van der Waals surface area contributed by atoms with Crippen molar-refractivity contribution in [2.75, 3.05) is 25.4 Å². The van der Waals surface area contributed by atoms with E-state index in [2.05, 4.69) is 17.4 Å². The van der Waals surface area contributed by atoms with Gasteiger partial charge in [0.15, 0.2) is 6.61 Å². The summed E-state index contributed by atoms with van der Waals surface area (Å²) in [5.74, 6) is -0.540. The molecule has 6 nitrogen and oxygen atoms in total. The van der Waals surface area contributed by atoms with Gasteiger partial charge in [-0.2, -0.15) is 0 Å². The summed E-state index contributed by atoms with van der Waals surface area (Å²) in [5, 5.41) is 3.15. The van der Waals surface area contributed by atoms with Gasteiger partial charge in [0.2, 0.25) is 5.91 Å². The highest BCUT2D eigenvalue weighted by molar-refractivity contribution is 8.00. The van der Waals surface area contributed by atoms with E-state index >= 15 is 0 Å². The molecule has 2 aromatic carbocycles. The Morgan fingerprint density at radius 3 is 2.50 bits per heavy atom. The Hall–Kier alpha value is -2.80. The summed E-state index contributed by atoms with van der Waals surface area (Å²) >= 11 is 1.31. The largest absolute Gasteiger partial charge is 0.452 e. The van der Waals surface area contributed by atoms with E-state index in [0.717, 1.165) is 58.0 Å². The van der Waals surface area contributed by atoms with Gasteiger partial charge in [-0.05, 0) is 55.4 Å². The first-order valence-electron chi connectivity index (χ1n) is 12.2. The van der Waals surface area contributed by atoms with Gasteiger partial charge in [-0.25, -0.2) is 4.79 Å². The van der Waals surface area contributed by atoms with E-state index in [1.54, 1.807) is 23.1 Å². The number of ether oxygens (including phenoxy) is 1. The Labute approximate surface area is 205 Å². The lowest BCUT2D eigenvalue weighted by Gasteiger charge is -2.26. The van der Waals surface area contributed by atoms with Gasteiger partial charge in [-0.3, -0.25) is 9.59 Å². The number of aryl methyl sites for hydroxylation is 1. The van der Waals surface area contributed by atoms with Crippen LogP contribution in [0.2, 0.25) is 0 Å². The van der Waals surface area contributed by atoms with Crippen molar-refractivity contribution in [3.8, 4) is 0 Å². The third-order valence-corrected chi connectivity index (χ3v) is 7.53. The van der Waals surface area contributed by atoms with Crippen molar-refractivity contribution in [3.05, 3.63) is 65.2 Å². The molecule has 1 fully saturated rings. The molecule has 1 atom stereocenters. The average molecular weight is 481 g/mol. The van der Waals surface area contributed by atoms with Crippen LogP contribution in [-0.2, 0) is 20.7 Å². The number of hydrogen-bond acceptors (Lipinski definition) is 5. The van der Waals surface area contributed by atoms with Gasteiger partial charge in [0, 0.05) is 18.0 Å². The molecule has 2 aromatic rings. The minimum Gasteiger partial charge on any atom is -0.452 e. The first kappa shape index (κ1) is 24.3. The van der Waals surface area contributed by atoms with Crippen LogP contribution in [0.5, 0.6) is 0 Å². The minimum atomic E-state index is -0.534. The third-order valence-electron chi connectivity index (χ3n) is 6.46. The van der Waals surface area contributed by atoms with Gasteiger partial charge < -0.3 is 15.0 Å². The Morgan fingerprint density at radius 1 is 0.941 bits per heavy atom. The summed E-state index contributed by atoms with van der Waals surface area (Å²) in [5.41, 5.74) is 2.88. The minimum absolute atomic E-state index is 0.0308. The Bertz CT molecular complexity index is 1020. The molecule has 0 saturated carbocycles. The van der Waals surface area contributed by atoms with Crippen LogP contribution in [0.1, 0.15) is 66.1 Å². The van der Waals surface area contributed by atoms with Gasteiger partial charge in [0.05, 0.1) is 17.4 Å². The summed E-state index contributed by atoms with van der Waals surface area (Å²) in [6.45, 7) is 1.20. The van der Waals surface area contributed by atoms with Crippen LogP contribution in [-0.4, -0.2) is 48.1 Å². The lowest BCUT2D eigenvalue weighted by molar-refractivity contribution is -0.134. The molecule has 0 unspecified atom stereocenters. The van der Waals surface area contributed by atoms with E-state index in [1.807, 2.05) is 18.2 Å². The number of fused-ring (bicyclic) bond motifs is 1. The average Bonchev–Trinajstić information content (AvgIpc) is 3.16. The maximum Gasteiger partial charge on any atom is 0.339 e. The van der Waals surface area contributed by atoms with Crippen molar-refractivity contribution in [2.45, 2.75) is 55.9 Å². The molecular formula is C27H32N2O4S. The predicted octanol–water partition coefficient (Wildman–Crippen LogP) is 4.53. The Morgan fingerprint density at radius 2 is 1.68 bits per heavy atom. The van der Waals surface area contributed by atoms with E-state index in [0.29, 0.717) is 10.5 Å². The number of nitrogens with zero attached hydrogens (tertiary/aromatic N) is 1. The molecule has 4 rings (SSSR count). The molecule has 2 amide bonds. The van der Waals surface area contributed by atoms with E-state index in [4.69, 9.17) is 4.74 Å². The number of hydrogen-bond donors (Lipinski definition) is 1. The smallest absolute Gasteiger partial charge is 0.339 e. The molecule has 1 heterocycles. The highest BCUT2D eigenvalue weighted by Crippen LogP contribution is 2.30. The Balaban J connectivity index is 1.30. The topological polar surface area (TPSA) is 75.7 Å². The fourth-order valence-corrected chi connectivity index (χ4v) is 5.51. The van der Waals surface area contributed by atoms with Crippen molar-refractivity contribution in [3.63, 3.8) is 0 Å². The second kappa shape index (κ2) is 12.1. The summed E-state index contributed by atoms with van der Waals surface area (Å²) in [7, 11) is 0. The lowest BCUT2D eigenvalue weighted by atomic mass is 9.88. The highest BCUT2D eigenvalue weighted by atomic mass is 32.2. The zero-order valence-electron chi connectivity index (χ0n) is 19.5. The summed E-state index contributed by atoms with van der Waals surface area (Å²) < 4.78 is 5.35. The van der Waals surface area contributed by atoms with Crippen LogP contribution in [0.25, 0.3) is 0 Å². The van der Waals surface area contributed by atoms with Gasteiger partial charge in [-0.15, -0.1) is 11.8 Å². The van der Waals surface area contributed by atoms with Gasteiger partial charge >= 0.3 is 5.97 Å². The first-order chi connectivity index (χ1) is 16.6. The number of thioether (sulfide) groups is 1. The van der Waals surface area contributed by atoms with Crippen molar-refractivity contribution in [1.29, 1.82) is 0 Å². The summed E-state index contributed by atoms with van der Waals surface area (Å²) in [4.78, 5) is 40.3. The number of esters is 1. The van der Waals surface area contributed by atoms with Crippen molar-refractivity contribution < 1.29 is 19.1 Å². The summed E-state index contributed by atoms with van der Waals surface area (Å²) in [6, 6.07) is 15.4. The number of likely N-dealkylation sites (tertiary alicyclic amines) is 1. The molecule has 180 valence electrons. The molecule has 0 bridgehead atoms. The van der Waals surface area contributed by atoms with Gasteiger partial charge in [0.25, 0.3) is 5.91 Å². The molecule has 1 N–H and O–H groups in total. The maximum atomic E-state index is 12.7. The molecule has 7 heteroatoms. The molecule has 0 aromatic heterocycles. The van der Waals surface area contributed by atoms with E-state index in [1.165, 1.54) is 22.9 Å². The second-order valence-corrected chi connectivity index (χ2v) is 9.88. The van der Waals surface area contributed by atoms with Crippen LogP contribution in [0.3, 0.4) is 0 Å². The Kier molecular flexibility index (Phi) is 8.63. The van der Waals surface area contributed by atoms with Crippen LogP contribution in [0.15, 0.2) is 53.4 Å². The number of rotatable bonds is 7. The monoisotopic (exact) mass is 480 g/mol. The third kappa shape index (κ3) is 6.41. The molecule has 1 saturated heterocycles. The van der Waals surface area contributed by atoms with E-state index < -0.39 is 5.97 Å². The molecule has 1 aliphatic carbocycles. The van der Waals surface area contributed by atoms with Gasteiger partial charge in [-0.1, -0.05) is 49.2 Å². The standard InChI is InChI=1S/C27H32N2O4S/c30-25(28-23-14-9-11-20-10-3-4-12-21(20)23)19-34-24-15-6-5-13-22(24)27(32)33-18-26(31)29-16-7-1-2-8-17-29/h3-6,10,12-13,15,23H,1-2,7-9,11,14,16-19H2,(H,28,30)/t23-/m1/s1. The number of nitrogens with one attached hydrogen (secondary N) is 1. The molecule has 2 aliphatic rings. The van der Waals surface area contributed by atoms with Crippen LogP contribution >= 0.6 is 11.8 Å². The zero-order chi connectivity index (χ0) is 23.8. The van der Waals surface area contributed by atoms with Crippen LogP contribution in [0.4, 0.5) is 0 Å². The normalized spacial score (nSPS) is 17.9. The first-order valence-corrected chi connectivity index (χ1v) is 13.1. The number of amides is 2. The molecule has 0 radical (unpaired) electrons. The van der Waals surface area contributed by atoms with E-state index in [-0.39, 0.29) is 30.2 Å². The SMILES string of the molecule is O=C(CSc1ccccc1C(=O)OCC(=O)N1CCCCCC1)N[C@@H]1CCCc2ccccc21. The van der Waals surface area contributed by atoms with Crippen molar-refractivity contribution in [2.24, 2.45) is 0 Å². The molecular weight excluding hydrogens is 448 g/mol. The molecule has 34 heavy (non-hydrogen) atoms. The van der Waals surface area contributed by atoms with Crippen molar-refractivity contribution >= 4 is 29.5 Å². The second-order valence-electron chi connectivity index (χ2n) is 8.87. The number of benzene rings is 2. The highest BCUT2D eigenvalue weighted by Gasteiger charge is 2.22. The predicted molar refractivity (Wildman–Crippen MR) is 133 cm³/mol. The van der Waals surface area contributed by atoms with Crippen LogP contribution < -0.4 is 5.32 Å². The molecule has 1 aliphatic heterocycles. The zero-order valence-corrected chi connectivity index (χ0v) is 20.3. The van der Waals surface area contributed by atoms with Crippen LogP contribution in [0, 0.1) is 0 Å². The van der Waals surface area contributed by atoms with Crippen molar-refractivity contribution in [1.82, 2.24) is 10.2 Å². The lowest BCUT2D eigenvalue weighted by Crippen LogP contribution is -2.35. The summed E-state index contributed by atoms with van der Waals surface area (Å²) in [6.07, 6.45) is 7.29. The fraction of sp³-hybridized carbons (Fsp3) is 0.444. The fourth-order valence-electron chi connectivity index (χ4n) is 4.66. The number of carbonyl (C=O) groups excluding carboxylic acids is 3. The molecule has 0 spiro atoms. The van der Waals surface area contributed by atoms with Gasteiger partial charge in [0.1, 0.15) is 0 Å².